The van der Waals surface area contributed by atoms with Gasteiger partial charge in [-0.1, -0.05) is 0 Å². The first-order valence-electron chi connectivity index (χ1n) is 6.48. The van der Waals surface area contributed by atoms with Gasteiger partial charge in [0.15, 0.2) is 0 Å². The van der Waals surface area contributed by atoms with E-state index in [1.54, 1.807) is 11.8 Å². The van der Waals surface area contributed by atoms with Gasteiger partial charge in [0, 0.05) is 12.7 Å². The van der Waals surface area contributed by atoms with Crippen molar-refractivity contribution in [2.75, 3.05) is 13.6 Å². The summed E-state index contributed by atoms with van der Waals surface area (Å²) in [6.07, 6.45) is -2.00. The van der Waals surface area contributed by atoms with E-state index in [-0.39, 0.29) is 17.7 Å². The molecule has 0 amide bonds. The van der Waals surface area contributed by atoms with Gasteiger partial charge in [0.05, 0.1) is 6.20 Å². The monoisotopic (exact) mass is 326 g/mol. The van der Waals surface area contributed by atoms with Crippen LogP contribution < -0.4 is 10.0 Å². The quantitative estimate of drug-likeness (QED) is 0.729. The van der Waals surface area contributed by atoms with Crippen LogP contribution in [0.5, 0.6) is 0 Å². The van der Waals surface area contributed by atoms with Gasteiger partial charge in [-0.3, -0.25) is 4.68 Å². The highest BCUT2D eigenvalue weighted by atomic mass is 32.2. The van der Waals surface area contributed by atoms with E-state index in [9.17, 15) is 21.6 Å². The normalized spacial score (nSPS) is 17.9. The van der Waals surface area contributed by atoms with Crippen LogP contribution in [0.3, 0.4) is 0 Å². The molecule has 0 atom stereocenters. The second-order valence-corrected chi connectivity index (χ2v) is 6.76. The average molecular weight is 326 g/mol. The molecule has 0 unspecified atom stereocenters. The van der Waals surface area contributed by atoms with Crippen molar-refractivity contribution in [1.82, 2.24) is 19.8 Å². The molecule has 10 heteroatoms. The minimum atomic E-state index is -4.58. The topological polar surface area (TPSA) is 76.0 Å². The number of aryl methyl sites for hydroxylation is 1. The fourth-order valence-electron chi connectivity index (χ4n) is 1.91. The predicted molar refractivity (Wildman–Crippen MR) is 69.1 cm³/mol. The van der Waals surface area contributed by atoms with Crippen LogP contribution in [0.15, 0.2) is 17.3 Å². The summed E-state index contributed by atoms with van der Waals surface area (Å²) in [5.41, 5.74) is -2.31. The van der Waals surface area contributed by atoms with Gasteiger partial charge in [0.25, 0.3) is 0 Å². The third-order valence-electron chi connectivity index (χ3n) is 3.36. The van der Waals surface area contributed by atoms with Crippen molar-refractivity contribution in [3.8, 4) is 0 Å². The van der Waals surface area contributed by atoms with E-state index in [4.69, 9.17) is 0 Å². The van der Waals surface area contributed by atoms with Crippen LogP contribution >= 0.6 is 0 Å². The Hall–Kier alpha value is -1.13. The lowest BCUT2D eigenvalue weighted by Gasteiger charge is -2.19. The van der Waals surface area contributed by atoms with Crippen molar-refractivity contribution in [1.29, 1.82) is 0 Å². The van der Waals surface area contributed by atoms with Crippen LogP contribution in [0, 0.1) is 0 Å². The Labute approximate surface area is 120 Å². The molecule has 1 heterocycles. The van der Waals surface area contributed by atoms with E-state index < -0.39 is 21.7 Å². The molecule has 21 heavy (non-hydrogen) atoms. The zero-order valence-electron chi connectivity index (χ0n) is 11.4. The Kier molecular flexibility index (Phi) is 4.31. The second-order valence-electron chi connectivity index (χ2n) is 5.08. The number of aromatic nitrogens is 2. The van der Waals surface area contributed by atoms with Crippen molar-refractivity contribution in [3.63, 3.8) is 0 Å². The molecule has 1 aromatic heterocycles. The highest BCUT2D eigenvalue weighted by molar-refractivity contribution is 7.89. The molecule has 0 bridgehead atoms. The van der Waals surface area contributed by atoms with Crippen LogP contribution in [0.4, 0.5) is 13.2 Å². The largest absolute Gasteiger partial charge is 0.407 e. The fraction of sp³-hybridized carbons (Fsp3) is 0.727. The maximum Gasteiger partial charge on any atom is 0.407 e. The summed E-state index contributed by atoms with van der Waals surface area (Å²) in [6, 6.07) is 0. The van der Waals surface area contributed by atoms with Gasteiger partial charge in [-0.05, 0) is 32.9 Å². The summed E-state index contributed by atoms with van der Waals surface area (Å²) < 4.78 is 65.6. The van der Waals surface area contributed by atoms with Crippen LogP contribution in [-0.4, -0.2) is 43.5 Å². The number of nitrogens with zero attached hydrogens (tertiary/aromatic N) is 2. The van der Waals surface area contributed by atoms with Crippen molar-refractivity contribution in [2.24, 2.45) is 0 Å². The average Bonchev–Trinajstić information content (AvgIpc) is 2.99. The molecule has 6 nitrogen and oxygen atoms in total. The molecule has 0 saturated heterocycles. The summed E-state index contributed by atoms with van der Waals surface area (Å²) in [5.74, 6) is 0. The van der Waals surface area contributed by atoms with Gasteiger partial charge in [-0.15, -0.1) is 0 Å². The Bertz CT molecular complexity index is 593. The molecule has 120 valence electrons. The third kappa shape index (κ3) is 3.55. The first kappa shape index (κ1) is 16.2. The molecule has 2 rings (SSSR count). The Balaban J connectivity index is 2.07. The van der Waals surface area contributed by atoms with Gasteiger partial charge in [0.1, 0.15) is 10.4 Å². The Morgan fingerprint density at radius 2 is 2.10 bits per heavy atom. The fourth-order valence-corrected chi connectivity index (χ4v) is 3.31. The molecule has 0 radical (unpaired) electrons. The number of hydrogen-bond acceptors (Lipinski definition) is 4. The first-order valence-corrected chi connectivity index (χ1v) is 7.96. The molecule has 1 aliphatic rings. The molecule has 1 fully saturated rings. The van der Waals surface area contributed by atoms with E-state index in [0.717, 1.165) is 19.2 Å². The molecule has 1 saturated carbocycles. The standard InChI is InChI=1S/C11H17F3N4O2S/c1-15-5-2-6-18-8-9(7-16-18)21(19,20)17-10(3-4-10)11(12,13)14/h7-8,15,17H,2-6H2,1H3. The van der Waals surface area contributed by atoms with Crippen LogP contribution in [-0.2, 0) is 16.6 Å². The van der Waals surface area contributed by atoms with Gasteiger partial charge in [-0.2, -0.15) is 23.0 Å². The maximum absolute atomic E-state index is 12.8. The predicted octanol–water partition coefficient (Wildman–Crippen LogP) is 0.866. The zero-order valence-corrected chi connectivity index (χ0v) is 12.3. The molecule has 1 aromatic rings. The molecular formula is C11H17F3N4O2S. The lowest BCUT2D eigenvalue weighted by molar-refractivity contribution is -0.160. The van der Waals surface area contributed by atoms with Crippen LogP contribution in [0.1, 0.15) is 19.3 Å². The molecule has 0 aromatic carbocycles. The molecule has 0 spiro atoms. The smallest absolute Gasteiger partial charge is 0.320 e. The molecular weight excluding hydrogens is 309 g/mol. The number of sulfonamides is 1. The van der Waals surface area contributed by atoms with Gasteiger partial charge in [-0.25, -0.2) is 8.42 Å². The summed E-state index contributed by atoms with van der Waals surface area (Å²) in [5, 5.41) is 6.79. The van der Waals surface area contributed by atoms with Crippen LogP contribution in [0.2, 0.25) is 0 Å². The summed E-state index contributed by atoms with van der Waals surface area (Å²) in [6.45, 7) is 1.22. The van der Waals surface area contributed by atoms with Gasteiger partial charge >= 0.3 is 6.18 Å². The van der Waals surface area contributed by atoms with E-state index in [2.05, 4.69) is 10.4 Å². The van der Waals surface area contributed by atoms with Crippen LogP contribution in [0.25, 0.3) is 0 Å². The third-order valence-corrected chi connectivity index (χ3v) is 4.85. The van der Waals surface area contributed by atoms with Crippen molar-refractivity contribution in [2.45, 2.75) is 42.4 Å². The summed E-state index contributed by atoms with van der Waals surface area (Å²) in [4.78, 5) is -0.248. The van der Waals surface area contributed by atoms with Crippen molar-refractivity contribution in [3.05, 3.63) is 12.4 Å². The highest BCUT2D eigenvalue weighted by Crippen LogP contribution is 2.49. The zero-order chi connectivity index (χ0) is 15.7. The minimum absolute atomic E-state index is 0.230. The summed E-state index contributed by atoms with van der Waals surface area (Å²) >= 11 is 0. The number of rotatable bonds is 7. The maximum atomic E-state index is 12.8. The van der Waals surface area contributed by atoms with E-state index >= 15 is 0 Å². The Morgan fingerprint density at radius 3 is 2.62 bits per heavy atom. The lowest BCUT2D eigenvalue weighted by Crippen LogP contribution is -2.47. The van der Waals surface area contributed by atoms with E-state index in [0.29, 0.717) is 6.54 Å². The van der Waals surface area contributed by atoms with E-state index in [1.807, 2.05) is 0 Å². The number of hydrogen-bond donors (Lipinski definition) is 2. The number of halogens is 3. The highest BCUT2D eigenvalue weighted by Gasteiger charge is 2.65. The Morgan fingerprint density at radius 1 is 1.43 bits per heavy atom. The van der Waals surface area contributed by atoms with E-state index in [1.165, 1.54) is 10.9 Å². The number of alkyl halides is 3. The summed E-state index contributed by atoms with van der Waals surface area (Å²) in [7, 11) is -2.43. The van der Waals surface area contributed by atoms with Crippen molar-refractivity contribution >= 4 is 10.0 Å². The first-order chi connectivity index (χ1) is 9.70. The van der Waals surface area contributed by atoms with Crippen molar-refractivity contribution < 1.29 is 21.6 Å². The number of nitrogens with one attached hydrogen (secondary N) is 2. The second kappa shape index (κ2) is 5.58. The van der Waals surface area contributed by atoms with Gasteiger partial charge in [0.2, 0.25) is 10.0 Å². The lowest BCUT2D eigenvalue weighted by atomic mass is 10.3. The molecule has 0 aliphatic heterocycles. The minimum Gasteiger partial charge on any atom is -0.320 e. The SMILES string of the molecule is CNCCCn1cc(S(=O)(=O)NC2(C(F)(F)F)CC2)cn1. The molecule has 1 aliphatic carbocycles. The van der Waals surface area contributed by atoms with Gasteiger partial charge < -0.3 is 5.32 Å². The molecule has 2 N–H and O–H groups in total.